The van der Waals surface area contributed by atoms with Crippen molar-refractivity contribution in [3.63, 3.8) is 0 Å². The van der Waals surface area contributed by atoms with Gasteiger partial charge in [0.1, 0.15) is 5.75 Å². The van der Waals surface area contributed by atoms with E-state index in [0.29, 0.717) is 0 Å². The zero-order chi connectivity index (χ0) is 35.2. The van der Waals surface area contributed by atoms with E-state index in [0.717, 1.165) is 49.3 Å². The van der Waals surface area contributed by atoms with Crippen molar-refractivity contribution >= 4 is 49.7 Å². The van der Waals surface area contributed by atoms with Crippen LogP contribution in [0.1, 0.15) is 200 Å². The van der Waals surface area contributed by atoms with E-state index in [9.17, 15) is 24.9 Å². The SMILES string of the molecule is CCCCCCCCCCCCCCc1cc(O)cc(C(=O)O)c1.CCCCCCCCCCCCCCc1cc([O-])cc(C(=O)[O-])c1.[Ca+2]. The number of phenolic OH excluding ortho intramolecular Hbond substituents is 1. The van der Waals surface area contributed by atoms with Gasteiger partial charge in [0.05, 0.1) is 11.5 Å². The third kappa shape index (κ3) is 26.7. The second-order valence-electron chi connectivity index (χ2n) is 13.6. The first-order valence-corrected chi connectivity index (χ1v) is 19.3. The molecule has 272 valence electrons. The Kier molecular flexibility index (Phi) is 31.0. The Hall–Kier alpha value is -1.76. The van der Waals surface area contributed by atoms with Gasteiger partial charge < -0.3 is 25.2 Å². The third-order valence-electron chi connectivity index (χ3n) is 9.06. The number of aromatic carboxylic acids is 2. The van der Waals surface area contributed by atoms with Crippen LogP contribution in [0.15, 0.2) is 36.4 Å². The molecule has 49 heavy (non-hydrogen) atoms. The van der Waals surface area contributed by atoms with Crippen molar-refractivity contribution in [1.82, 2.24) is 0 Å². The topological polar surface area (TPSA) is 121 Å². The first kappa shape index (κ1) is 47.2. The Morgan fingerprint density at radius 2 is 0.857 bits per heavy atom. The summed E-state index contributed by atoms with van der Waals surface area (Å²) in [5.74, 6) is -2.46. The van der Waals surface area contributed by atoms with E-state index in [1.807, 2.05) is 0 Å². The van der Waals surface area contributed by atoms with E-state index in [2.05, 4.69) is 13.8 Å². The Labute approximate surface area is 328 Å². The number of benzene rings is 2. The molecule has 2 aromatic carbocycles. The van der Waals surface area contributed by atoms with E-state index in [1.54, 1.807) is 18.2 Å². The summed E-state index contributed by atoms with van der Waals surface area (Å²) in [4.78, 5) is 21.8. The summed E-state index contributed by atoms with van der Waals surface area (Å²) in [6, 6.07) is 8.86. The molecular weight excluding hydrogens is 641 g/mol. The fourth-order valence-electron chi connectivity index (χ4n) is 6.20. The molecule has 0 amide bonds. The summed E-state index contributed by atoms with van der Waals surface area (Å²) >= 11 is 0. The van der Waals surface area contributed by atoms with Crippen LogP contribution in [0.2, 0.25) is 0 Å². The molecule has 0 spiro atoms. The molecule has 0 unspecified atom stereocenters. The summed E-state index contributed by atoms with van der Waals surface area (Å²) in [6.45, 7) is 4.51. The van der Waals surface area contributed by atoms with E-state index in [-0.39, 0.29) is 60.4 Å². The summed E-state index contributed by atoms with van der Waals surface area (Å²) in [7, 11) is 0. The molecule has 0 heterocycles. The summed E-state index contributed by atoms with van der Waals surface area (Å²) in [6.07, 6.45) is 32.9. The Morgan fingerprint density at radius 3 is 1.22 bits per heavy atom. The minimum absolute atomic E-state index is 0. The molecule has 2 rings (SSSR count). The molecule has 6 nitrogen and oxygen atoms in total. The van der Waals surface area contributed by atoms with Crippen molar-refractivity contribution < 1.29 is 30.0 Å². The van der Waals surface area contributed by atoms with Crippen molar-refractivity contribution in [3.05, 3.63) is 58.7 Å². The van der Waals surface area contributed by atoms with Gasteiger partial charge in [-0.3, -0.25) is 0 Å². The number of aromatic hydroxyl groups is 1. The zero-order valence-electron chi connectivity index (χ0n) is 31.1. The number of unbranched alkanes of at least 4 members (excludes halogenated alkanes) is 22. The molecule has 0 saturated heterocycles. The van der Waals surface area contributed by atoms with Crippen LogP contribution in [0.4, 0.5) is 0 Å². The van der Waals surface area contributed by atoms with Gasteiger partial charge in [-0.1, -0.05) is 167 Å². The smallest absolute Gasteiger partial charge is 0.872 e. The number of aryl methyl sites for hydroxylation is 2. The normalized spacial score (nSPS) is 10.7. The van der Waals surface area contributed by atoms with Gasteiger partial charge in [-0.05, 0) is 66.6 Å². The first-order chi connectivity index (χ1) is 23.3. The maximum absolute atomic E-state index is 11.4. The number of phenols is 1. The van der Waals surface area contributed by atoms with Gasteiger partial charge in [-0.15, -0.1) is 5.75 Å². The number of rotatable bonds is 28. The molecule has 0 saturated carbocycles. The average molecular weight is 707 g/mol. The van der Waals surface area contributed by atoms with E-state index in [1.165, 1.54) is 147 Å². The van der Waals surface area contributed by atoms with Crippen molar-refractivity contribution in [3.8, 4) is 11.5 Å². The molecule has 0 aliphatic carbocycles. The molecular formula is C42H66CaO6. The van der Waals surface area contributed by atoms with Crippen LogP contribution in [0.3, 0.4) is 0 Å². The van der Waals surface area contributed by atoms with Gasteiger partial charge in [0, 0.05) is 0 Å². The minimum atomic E-state index is -1.27. The largest absolute Gasteiger partial charge is 2.00 e. The Bertz CT molecular complexity index is 1030. The number of carboxylic acids is 2. The second kappa shape index (κ2) is 32.2. The summed E-state index contributed by atoms with van der Waals surface area (Å²) in [5.41, 5.74) is 1.90. The predicted molar refractivity (Wildman–Crippen MR) is 201 cm³/mol. The number of hydrogen-bond donors (Lipinski definition) is 2. The molecule has 2 N–H and O–H groups in total. The Balaban J connectivity index is 0.000000922. The number of carbonyl (C=O) groups excluding carboxylic acids is 1. The van der Waals surface area contributed by atoms with E-state index < -0.39 is 11.9 Å². The maximum Gasteiger partial charge on any atom is 2.00 e. The fraction of sp³-hybridized carbons (Fsp3) is 0.667. The average Bonchev–Trinajstić information content (AvgIpc) is 3.05. The van der Waals surface area contributed by atoms with Crippen molar-refractivity contribution in [1.29, 1.82) is 0 Å². The van der Waals surface area contributed by atoms with Crippen molar-refractivity contribution in [2.45, 2.75) is 181 Å². The zero-order valence-corrected chi connectivity index (χ0v) is 33.3. The van der Waals surface area contributed by atoms with Gasteiger partial charge >= 0.3 is 43.7 Å². The van der Waals surface area contributed by atoms with Crippen LogP contribution in [0, 0.1) is 0 Å². The fourth-order valence-corrected chi connectivity index (χ4v) is 6.20. The standard InChI is InChI=1S/2C21H34O3.Ca/c2*1-2-3-4-5-6-7-8-9-10-11-12-13-14-18-15-19(21(23)24)17-20(22)16-18;/h2*15-17,22H,2-14H2,1H3,(H,23,24);/q;;+2/p-2. The Morgan fingerprint density at radius 1 is 0.510 bits per heavy atom. The number of carbonyl (C=O) groups is 2. The van der Waals surface area contributed by atoms with Crippen molar-refractivity contribution in [2.24, 2.45) is 0 Å². The molecule has 7 heteroatoms. The van der Waals surface area contributed by atoms with Gasteiger partial charge in [-0.2, -0.15) is 0 Å². The first-order valence-electron chi connectivity index (χ1n) is 19.3. The molecule has 2 aromatic rings. The molecule has 0 aromatic heterocycles. The van der Waals surface area contributed by atoms with Crippen LogP contribution in [-0.4, -0.2) is 59.9 Å². The third-order valence-corrected chi connectivity index (χ3v) is 9.06. The molecule has 0 bridgehead atoms. The monoisotopic (exact) mass is 706 g/mol. The van der Waals surface area contributed by atoms with Crippen LogP contribution < -0.4 is 10.2 Å². The molecule has 0 aliphatic rings. The summed E-state index contributed by atoms with van der Waals surface area (Å²) in [5, 5.41) is 40.8. The van der Waals surface area contributed by atoms with Crippen LogP contribution in [0.25, 0.3) is 0 Å². The molecule has 0 radical (unpaired) electrons. The summed E-state index contributed by atoms with van der Waals surface area (Å²) < 4.78 is 0. The van der Waals surface area contributed by atoms with Gasteiger partial charge in [0.2, 0.25) is 0 Å². The molecule has 0 atom stereocenters. The van der Waals surface area contributed by atoms with Crippen LogP contribution >= 0.6 is 0 Å². The minimum Gasteiger partial charge on any atom is -0.872 e. The van der Waals surface area contributed by atoms with Crippen LogP contribution in [-0.2, 0) is 12.8 Å². The number of hydrogen-bond acceptors (Lipinski definition) is 5. The number of carboxylic acid groups (broad SMARTS) is 2. The van der Waals surface area contributed by atoms with E-state index in [4.69, 9.17) is 5.11 Å². The van der Waals surface area contributed by atoms with Crippen molar-refractivity contribution in [2.75, 3.05) is 0 Å². The maximum atomic E-state index is 11.4. The molecule has 0 aliphatic heterocycles. The van der Waals surface area contributed by atoms with Gasteiger partial charge in [-0.25, -0.2) is 4.79 Å². The molecule has 0 fully saturated rings. The van der Waals surface area contributed by atoms with E-state index >= 15 is 0 Å². The quantitative estimate of drug-likeness (QED) is 0.0671. The predicted octanol–water partition coefficient (Wildman–Crippen LogP) is 10.3. The van der Waals surface area contributed by atoms with Gasteiger partial charge in [0.15, 0.2) is 0 Å². The van der Waals surface area contributed by atoms with Gasteiger partial charge in [0.25, 0.3) is 0 Å². The van der Waals surface area contributed by atoms with Crippen LogP contribution in [0.5, 0.6) is 11.5 Å². The second-order valence-corrected chi connectivity index (χ2v) is 13.6.